The molecule has 2 heterocycles. The van der Waals surface area contributed by atoms with Gasteiger partial charge in [0.05, 0.1) is 12.7 Å². The average molecular weight is 347 g/mol. The Hall–Kier alpha value is -1.37. The monoisotopic (exact) mass is 347 g/mol. The lowest BCUT2D eigenvalue weighted by Gasteiger charge is -2.22. The van der Waals surface area contributed by atoms with E-state index in [1.807, 2.05) is 7.05 Å². The van der Waals surface area contributed by atoms with Gasteiger partial charge in [-0.1, -0.05) is 56.8 Å². The van der Waals surface area contributed by atoms with Crippen molar-refractivity contribution in [1.29, 1.82) is 0 Å². The van der Waals surface area contributed by atoms with Crippen LogP contribution in [0.5, 0.6) is 0 Å². The highest BCUT2D eigenvalue weighted by Gasteiger charge is 2.18. The maximum absolute atomic E-state index is 5.58. The van der Waals surface area contributed by atoms with E-state index < -0.39 is 0 Å². The van der Waals surface area contributed by atoms with Crippen LogP contribution >= 0.6 is 11.8 Å². The molecule has 130 valence electrons. The Labute approximate surface area is 147 Å². The molecule has 1 aromatic carbocycles. The number of ether oxygens (including phenoxy) is 2. The summed E-state index contributed by atoms with van der Waals surface area (Å²) in [7, 11) is 2.01. The van der Waals surface area contributed by atoms with E-state index in [1.165, 1.54) is 5.56 Å². The number of aromatic nitrogens is 3. The Bertz CT molecular complexity index is 671. The summed E-state index contributed by atoms with van der Waals surface area (Å²) in [5.74, 6) is 1.77. The SMILES string of the molecule is Cn1c(SC[C@@H]2CCOCO2)nnc1-c1ccc(C(C)(C)C)cc1. The van der Waals surface area contributed by atoms with Crippen molar-refractivity contribution in [1.82, 2.24) is 14.8 Å². The molecule has 1 saturated heterocycles. The first-order valence-corrected chi connectivity index (χ1v) is 9.26. The molecular weight excluding hydrogens is 322 g/mol. The zero-order valence-corrected chi connectivity index (χ0v) is 15.6. The van der Waals surface area contributed by atoms with E-state index in [4.69, 9.17) is 9.47 Å². The maximum Gasteiger partial charge on any atom is 0.191 e. The number of thioether (sulfide) groups is 1. The molecule has 3 rings (SSSR count). The van der Waals surface area contributed by atoms with E-state index in [9.17, 15) is 0 Å². The number of nitrogens with zero attached hydrogens (tertiary/aromatic N) is 3. The van der Waals surface area contributed by atoms with Crippen LogP contribution in [0, 0.1) is 0 Å². The van der Waals surface area contributed by atoms with Gasteiger partial charge in [-0.15, -0.1) is 10.2 Å². The Balaban J connectivity index is 1.70. The Morgan fingerprint density at radius 1 is 1.21 bits per heavy atom. The van der Waals surface area contributed by atoms with E-state index in [1.54, 1.807) is 11.8 Å². The molecule has 1 atom stereocenters. The molecule has 1 aliphatic heterocycles. The summed E-state index contributed by atoms with van der Waals surface area (Å²) in [5, 5.41) is 9.62. The third-order valence-electron chi connectivity index (χ3n) is 4.21. The summed E-state index contributed by atoms with van der Waals surface area (Å²) in [6, 6.07) is 8.60. The van der Waals surface area contributed by atoms with E-state index in [0.717, 1.165) is 35.3 Å². The van der Waals surface area contributed by atoms with Crippen molar-refractivity contribution in [3.8, 4) is 11.4 Å². The van der Waals surface area contributed by atoms with Crippen molar-refractivity contribution < 1.29 is 9.47 Å². The number of hydrogen-bond donors (Lipinski definition) is 0. The summed E-state index contributed by atoms with van der Waals surface area (Å²) in [6.45, 7) is 7.83. The molecule has 1 aromatic heterocycles. The number of rotatable bonds is 4. The first kappa shape index (κ1) is 17.5. The lowest BCUT2D eigenvalue weighted by atomic mass is 9.87. The fourth-order valence-electron chi connectivity index (χ4n) is 2.61. The summed E-state index contributed by atoms with van der Waals surface area (Å²) < 4.78 is 12.8. The van der Waals surface area contributed by atoms with Gasteiger partial charge in [0, 0.05) is 18.4 Å². The van der Waals surface area contributed by atoms with Crippen LogP contribution in [0.25, 0.3) is 11.4 Å². The number of hydrogen-bond acceptors (Lipinski definition) is 5. The van der Waals surface area contributed by atoms with Gasteiger partial charge in [-0.3, -0.25) is 0 Å². The standard InChI is InChI=1S/C18H25N3O2S/c1-18(2,3)14-7-5-13(6-8-14)16-19-20-17(21(16)4)24-11-15-9-10-22-12-23-15/h5-8,15H,9-12H2,1-4H3/t15-/m0/s1. The largest absolute Gasteiger partial charge is 0.355 e. The minimum Gasteiger partial charge on any atom is -0.355 e. The van der Waals surface area contributed by atoms with Crippen LogP contribution in [0.3, 0.4) is 0 Å². The van der Waals surface area contributed by atoms with Crippen molar-refractivity contribution in [3.05, 3.63) is 29.8 Å². The third-order valence-corrected chi connectivity index (χ3v) is 5.37. The molecule has 0 N–H and O–H groups in total. The molecule has 5 nitrogen and oxygen atoms in total. The van der Waals surface area contributed by atoms with E-state index in [2.05, 4.69) is 59.8 Å². The van der Waals surface area contributed by atoms with Crippen molar-refractivity contribution in [3.63, 3.8) is 0 Å². The van der Waals surface area contributed by atoms with Gasteiger partial charge in [-0.2, -0.15) is 0 Å². The summed E-state index contributed by atoms with van der Waals surface area (Å²) in [4.78, 5) is 0. The second kappa shape index (κ2) is 7.25. The minimum absolute atomic E-state index is 0.156. The fraction of sp³-hybridized carbons (Fsp3) is 0.556. The molecule has 0 bridgehead atoms. The second-order valence-corrected chi connectivity index (χ2v) is 8.09. The summed E-state index contributed by atoms with van der Waals surface area (Å²) >= 11 is 1.69. The summed E-state index contributed by atoms with van der Waals surface area (Å²) in [6.07, 6.45) is 1.17. The first-order valence-electron chi connectivity index (χ1n) is 8.27. The van der Waals surface area contributed by atoms with Gasteiger partial charge in [0.15, 0.2) is 11.0 Å². The molecule has 1 fully saturated rings. The van der Waals surface area contributed by atoms with E-state index in [-0.39, 0.29) is 11.5 Å². The van der Waals surface area contributed by atoms with E-state index >= 15 is 0 Å². The van der Waals surface area contributed by atoms with Crippen molar-refractivity contribution in [2.45, 2.75) is 43.9 Å². The zero-order chi connectivity index (χ0) is 17.2. The molecule has 2 aromatic rings. The molecule has 0 spiro atoms. The van der Waals surface area contributed by atoms with Gasteiger partial charge >= 0.3 is 0 Å². The normalized spacial score (nSPS) is 18.8. The lowest BCUT2D eigenvalue weighted by molar-refractivity contribution is -0.130. The van der Waals surface area contributed by atoms with Crippen molar-refractivity contribution >= 4 is 11.8 Å². The van der Waals surface area contributed by atoms with Crippen LogP contribution in [-0.2, 0) is 21.9 Å². The van der Waals surface area contributed by atoms with Crippen LogP contribution in [0.15, 0.2) is 29.4 Å². The third kappa shape index (κ3) is 3.99. The van der Waals surface area contributed by atoms with Gasteiger partial charge in [0.2, 0.25) is 0 Å². The lowest BCUT2D eigenvalue weighted by Crippen LogP contribution is -2.25. The first-order chi connectivity index (χ1) is 11.4. The molecular formula is C18H25N3O2S. The molecule has 0 amide bonds. The van der Waals surface area contributed by atoms with Crippen LogP contribution in [0.2, 0.25) is 0 Å². The van der Waals surface area contributed by atoms with Gasteiger partial charge in [0.1, 0.15) is 6.79 Å². The molecule has 0 aliphatic carbocycles. The van der Waals surface area contributed by atoms with Gasteiger partial charge in [-0.05, 0) is 17.4 Å². The highest BCUT2D eigenvalue weighted by molar-refractivity contribution is 7.99. The Morgan fingerprint density at radius 2 is 1.96 bits per heavy atom. The predicted octanol–water partition coefficient (Wildman–Crippen LogP) is 3.63. The van der Waals surface area contributed by atoms with E-state index in [0.29, 0.717) is 6.79 Å². The smallest absolute Gasteiger partial charge is 0.191 e. The van der Waals surface area contributed by atoms with Gasteiger partial charge in [-0.25, -0.2) is 0 Å². The summed E-state index contributed by atoms with van der Waals surface area (Å²) in [5.41, 5.74) is 2.57. The zero-order valence-electron chi connectivity index (χ0n) is 14.8. The Kier molecular flexibility index (Phi) is 5.27. The average Bonchev–Trinajstić information content (AvgIpc) is 2.94. The molecule has 24 heavy (non-hydrogen) atoms. The molecule has 0 unspecified atom stereocenters. The van der Waals surface area contributed by atoms with Crippen LogP contribution in [0.1, 0.15) is 32.8 Å². The Morgan fingerprint density at radius 3 is 2.58 bits per heavy atom. The maximum atomic E-state index is 5.58. The minimum atomic E-state index is 0.156. The number of benzene rings is 1. The molecule has 6 heteroatoms. The predicted molar refractivity (Wildman–Crippen MR) is 96.2 cm³/mol. The second-order valence-electron chi connectivity index (χ2n) is 7.11. The van der Waals surface area contributed by atoms with Crippen LogP contribution < -0.4 is 0 Å². The quantitative estimate of drug-likeness (QED) is 0.791. The molecule has 0 radical (unpaired) electrons. The van der Waals surface area contributed by atoms with Crippen LogP contribution in [-0.4, -0.2) is 40.0 Å². The van der Waals surface area contributed by atoms with Crippen LogP contribution in [0.4, 0.5) is 0 Å². The fourth-order valence-corrected chi connectivity index (χ4v) is 3.59. The van der Waals surface area contributed by atoms with Gasteiger partial charge in [0.25, 0.3) is 0 Å². The van der Waals surface area contributed by atoms with Crippen molar-refractivity contribution in [2.75, 3.05) is 19.2 Å². The van der Waals surface area contributed by atoms with Crippen molar-refractivity contribution in [2.24, 2.45) is 7.05 Å². The molecule has 0 saturated carbocycles. The molecule has 1 aliphatic rings. The topological polar surface area (TPSA) is 49.2 Å². The highest BCUT2D eigenvalue weighted by Crippen LogP contribution is 2.27. The highest BCUT2D eigenvalue weighted by atomic mass is 32.2. The van der Waals surface area contributed by atoms with Gasteiger partial charge < -0.3 is 14.0 Å².